The first kappa shape index (κ1) is 37.6. The van der Waals surface area contributed by atoms with Crippen molar-refractivity contribution < 1.29 is 0 Å². The monoisotopic (exact) mass is 755 g/mol. The van der Waals surface area contributed by atoms with Gasteiger partial charge < -0.3 is 14.7 Å². The van der Waals surface area contributed by atoms with Crippen LogP contribution < -0.4 is 31.1 Å². The number of anilines is 9. The highest BCUT2D eigenvalue weighted by Gasteiger charge is 2.44. The third-order valence-electron chi connectivity index (χ3n) is 12.1. The van der Waals surface area contributed by atoms with Crippen molar-refractivity contribution in [1.82, 2.24) is 0 Å². The van der Waals surface area contributed by atoms with Crippen LogP contribution in [0.2, 0.25) is 0 Å². The summed E-state index contributed by atoms with van der Waals surface area (Å²) >= 11 is 0. The minimum atomic E-state index is -0.103. The van der Waals surface area contributed by atoms with Gasteiger partial charge in [0, 0.05) is 45.5 Å². The van der Waals surface area contributed by atoms with Crippen LogP contribution in [0.25, 0.3) is 0 Å². The molecule has 7 aromatic carbocycles. The van der Waals surface area contributed by atoms with Crippen LogP contribution in [0.1, 0.15) is 74.9 Å². The quantitative estimate of drug-likeness (QED) is 0.162. The van der Waals surface area contributed by atoms with E-state index in [4.69, 9.17) is 0 Å². The first-order valence-electron chi connectivity index (χ1n) is 20.8. The van der Waals surface area contributed by atoms with Gasteiger partial charge in [-0.3, -0.25) is 0 Å². The van der Waals surface area contributed by atoms with E-state index in [9.17, 15) is 0 Å². The number of fused-ring (bicyclic) bond motifs is 4. The second-order valence-electron chi connectivity index (χ2n) is 18.7. The molecule has 0 saturated carbocycles. The molecule has 0 bridgehead atoms. The van der Waals surface area contributed by atoms with E-state index < -0.39 is 0 Å². The fraction of sp³-hybridized carbons (Fsp3) is 0.222. The third-order valence-corrected chi connectivity index (χ3v) is 12.1. The minimum Gasteiger partial charge on any atom is -0.311 e. The second kappa shape index (κ2) is 13.8. The van der Waals surface area contributed by atoms with E-state index in [1.165, 1.54) is 83.9 Å². The van der Waals surface area contributed by atoms with Crippen LogP contribution >= 0.6 is 0 Å². The van der Waals surface area contributed by atoms with E-state index >= 15 is 0 Å². The zero-order valence-electron chi connectivity index (χ0n) is 35.8. The fourth-order valence-electron chi connectivity index (χ4n) is 9.32. The Balaban J connectivity index is 1.45. The van der Waals surface area contributed by atoms with Gasteiger partial charge in [-0.2, -0.15) is 0 Å². The van der Waals surface area contributed by atoms with Gasteiger partial charge in [-0.1, -0.05) is 149 Å². The lowest BCUT2D eigenvalue weighted by atomic mass is 9.33. The maximum atomic E-state index is 2.56. The van der Waals surface area contributed by atoms with Gasteiger partial charge in [0.25, 0.3) is 6.71 Å². The van der Waals surface area contributed by atoms with Crippen LogP contribution in [0.4, 0.5) is 51.2 Å². The van der Waals surface area contributed by atoms with Gasteiger partial charge in [-0.25, -0.2) is 0 Å². The van der Waals surface area contributed by atoms with Gasteiger partial charge in [-0.15, -0.1) is 0 Å². The van der Waals surface area contributed by atoms with Crippen molar-refractivity contribution in [3.63, 3.8) is 0 Å². The van der Waals surface area contributed by atoms with Crippen molar-refractivity contribution in [2.24, 2.45) is 0 Å². The van der Waals surface area contributed by atoms with Gasteiger partial charge in [-0.05, 0) is 127 Å². The summed E-state index contributed by atoms with van der Waals surface area (Å²) in [6.07, 6.45) is 0. The van der Waals surface area contributed by atoms with Crippen molar-refractivity contribution in [1.29, 1.82) is 0 Å². The van der Waals surface area contributed by atoms with E-state index in [2.05, 4.69) is 230 Å². The van der Waals surface area contributed by atoms with Crippen molar-refractivity contribution in [2.45, 2.75) is 80.1 Å². The Hall–Kier alpha value is -6.00. The standard InChI is InChI=1S/C54H54BN3/c1-35-19-25-39(26-20-35)56-48-29-23-37(3)31-44(48)55-45-32-38(4)24-30-49(45)57(40-27-21-36(2)22-28-40)51-34-41(33-50(56)52(51)55)58(46-17-13-11-15-42(46)53(5,6)7)47-18-14-12-16-43(47)54(8,9)10/h11-34H,1-10H3. The molecule has 4 heteroatoms. The number of aryl methyl sites for hydroxylation is 4. The molecule has 0 aliphatic carbocycles. The Bertz CT molecular complexity index is 2510. The zero-order chi connectivity index (χ0) is 40.7. The molecule has 0 N–H and O–H groups in total. The molecule has 3 nitrogen and oxygen atoms in total. The highest BCUT2D eigenvalue weighted by Crippen LogP contribution is 2.50. The number of hydrogen-bond acceptors (Lipinski definition) is 3. The largest absolute Gasteiger partial charge is 0.311 e. The number of para-hydroxylation sites is 2. The first-order valence-corrected chi connectivity index (χ1v) is 20.8. The Morgan fingerprint density at radius 2 is 0.793 bits per heavy atom. The Morgan fingerprint density at radius 3 is 1.19 bits per heavy atom. The van der Waals surface area contributed by atoms with Crippen LogP contribution in [-0.4, -0.2) is 6.71 Å². The summed E-state index contributed by atoms with van der Waals surface area (Å²) < 4.78 is 0. The summed E-state index contributed by atoms with van der Waals surface area (Å²) in [7, 11) is 0. The van der Waals surface area contributed by atoms with Crippen LogP contribution in [0, 0.1) is 27.7 Å². The molecule has 0 fully saturated rings. The molecule has 2 aliphatic rings. The maximum absolute atomic E-state index is 2.56. The molecule has 0 spiro atoms. The van der Waals surface area contributed by atoms with Gasteiger partial charge in [0.1, 0.15) is 0 Å². The number of benzene rings is 7. The molecule has 288 valence electrons. The highest BCUT2D eigenvalue weighted by molar-refractivity contribution is 7.00. The molecular formula is C54H54BN3. The Labute approximate surface area is 346 Å². The summed E-state index contributed by atoms with van der Waals surface area (Å²) in [6.45, 7) is 22.8. The molecular weight excluding hydrogens is 701 g/mol. The van der Waals surface area contributed by atoms with E-state index in [-0.39, 0.29) is 17.5 Å². The van der Waals surface area contributed by atoms with Gasteiger partial charge in [0.2, 0.25) is 0 Å². The molecule has 2 aliphatic heterocycles. The predicted octanol–water partition coefficient (Wildman–Crippen LogP) is 13.1. The Morgan fingerprint density at radius 1 is 0.414 bits per heavy atom. The van der Waals surface area contributed by atoms with E-state index in [0.29, 0.717) is 0 Å². The van der Waals surface area contributed by atoms with Crippen molar-refractivity contribution in [3.8, 4) is 0 Å². The van der Waals surface area contributed by atoms with Crippen LogP contribution in [0.5, 0.6) is 0 Å². The topological polar surface area (TPSA) is 9.72 Å². The maximum Gasteiger partial charge on any atom is 0.252 e. The van der Waals surface area contributed by atoms with Gasteiger partial charge in [0.05, 0.1) is 5.69 Å². The smallest absolute Gasteiger partial charge is 0.252 e. The lowest BCUT2D eigenvalue weighted by Crippen LogP contribution is -2.61. The molecule has 9 rings (SSSR count). The normalized spacial score (nSPS) is 13.2. The summed E-state index contributed by atoms with van der Waals surface area (Å²) in [6, 6.07) is 55.3. The minimum absolute atomic E-state index is 0.0458. The van der Waals surface area contributed by atoms with Gasteiger partial charge in [0.15, 0.2) is 0 Å². The molecule has 0 amide bonds. The molecule has 0 unspecified atom stereocenters. The zero-order valence-corrected chi connectivity index (χ0v) is 35.8. The van der Waals surface area contributed by atoms with Crippen LogP contribution in [0.15, 0.2) is 146 Å². The third kappa shape index (κ3) is 6.31. The second-order valence-corrected chi connectivity index (χ2v) is 18.7. The van der Waals surface area contributed by atoms with Crippen LogP contribution in [0.3, 0.4) is 0 Å². The lowest BCUT2D eigenvalue weighted by Gasteiger charge is -2.45. The summed E-state index contributed by atoms with van der Waals surface area (Å²) in [5.74, 6) is 0. The summed E-state index contributed by atoms with van der Waals surface area (Å²) in [5, 5.41) is 0. The number of rotatable bonds is 5. The molecule has 0 atom stereocenters. The first-order chi connectivity index (χ1) is 27.7. The average Bonchev–Trinajstić information content (AvgIpc) is 3.18. The molecule has 7 aromatic rings. The highest BCUT2D eigenvalue weighted by atomic mass is 15.2. The number of hydrogen-bond donors (Lipinski definition) is 0. The summed E-state index contributed by atoms with van der Waals surface area (Å²) in [5.41, 5.74) is 22.1. The van der Waals surface area contributed by atoms with Crippen LogP contribution in [-0.2, 0) is 10.8 Å². The van der Waals surface area contributed by atoms with E-state index in [1.54, 1.807) is 0 Å². The predicted molar refractivity (Wildman–Crippen MR) is 251 cm³/mol. The average molecular weight is 756 g/mol. The van der Waals surface area contributed by atoms with E-state index in [0.717, 1.165) is 17.1 Å². The summed E-state index contributed by atoms with van der Waals surface area (Å²) in [4.78, 5) is 7.62. The fourth-order valence-corrected chi connectivity index (χ4v) is 9.32. The Kier molecular flexibility index (Phi) is 8.96. The molecule has 58 heavy (non-hydrogen) atoms. The molecule has 0 saturated heterocycles. The molecule has 0 aromatic heterocycles. The molecule has 2 heterocycles. The van der Waals surface area contributed by atoms with Crippen molar-refractivity contribution in [3.05, 3.63) is 179 Å². The van der Waals surface area contributed by atoms with Crippen molar-refractivity contribution >= 4 is 74.3 Å². The van der Waals surface area contributed by atoms with Gasteiger partial charge >= 0.3 is 0 Å². The lowest BCUT2D eigenvalue weighted by molar-refractivity contribution is 0.587. The number of nitrogens with zero attached hydrogens (tertiary/aromatic N) is 3. The SMILES string of the molecule is Cc1ccc(N2c3ccc(C)cc3B3c4cc(C)ccc4N(c4ccc(C)cc4)c4cc(N(c5ccccc5C(C)(C)C)c5ccccc5C(C)(C)C)cc2c43)cc1. The molecule has 0 radical (unpaired) electrons. The van der Waals surface area contributed by atoms with Crippen molar-refractivity contribution in [2.75, 3.05) is 14.7 Å². The van der Waals surface area contributed by atoms with E-state index in [1.807, 2.05) is 0 Å².